The van der Waals surface area contributed by atoms with E-state index in [1.807, 2.05) is 6.92 Å². The highest BCUT2D eigenvalue weighted by molar-refractivity contribution is 6.33. The lowest BCUT2D eigenvalue weighted by Crippen LogP contribution is -2.48. The molecule has 1 aliphatic heterocycles. The molecule has 162 valence electrons. The van der Waals surface area contributed by atoms with Crippen molar-refractivity contribution in [2.45, 2.75) is 51.4 Å². The number of rotatable bonds is 4. The lowest BCUT2D eigenvalue weighted by Gasteiger charge is -2.35. The first-order valence-electron chi connectivity index (χ1n) is 9.48. The molecule has 7 nitrogen and oxygen atoms in total. The minimum absolute atomic E-state index is 0.104. The van der Waals surface area contributed by atoms with Crippen LogP contribution in [-0.4, -0.2) is 44.2 Å². The number of hydrogen-bond donors (Lipinski definition) is 1. The summed E-state index contributed by atoms with van der Waals surface area (Å²) in [5, 5.41) is 6.60. The van der Waals surface area contributed by atoms with E-state index in [-0.39, 0.29) is 28.5 Å². The fraction of sp³-hybridized carbons (Fsp3) is 0.474. The maximum atomic E-state index is 12.7. The van der Waals surface area contributed by atoms with Gasteiger partial charge >= 0.3 is 6.18 Å². The minimum Gasteiger partial charge on any atom is -0.371 e. The number of carbonyl (C=O) groups is 1. The summed E-state index contributed by atoms with van der Waals surface area (Å²) in [6.07, 6.45) is 0.289. The lowest BCUT2D eigenvalue weighted by molar-refractivity contribution is -0.138. The second kappa shape index (κ2) is 8.63. The molecule has 11 heteroatoms. The van der Waals surface area contributed by atoms with Gasteiger partial charge in [0.25, 0.3) is 5.56 Å². The van der Waals surface area contributed by atoms with Gasteiger partial charge in [0.1, 0.15) is 11.1 Å². The first-order valence-corrected chi connectivity index (χ1v) is 9.86. The number of amides is 1. The third kappa shape index (κ3) is 4.58. The molecule has 0 aromatic carbocycles. The summed E-state index contributed by atoms with van der Waals surface area (Å²) < 4.78 is 38.8. The predicted molar refractivity (Wildman–Crippen MR) is 106 cm³/mol. The molecule has 1 amide bonds. The molecule has 3 heterocycles. The van der Waals surface area contributed by atoms with E-state index >= 15 is 0 Å². The van der Waals surface area contributed by atoms with Gasteiger partial charge in [-0.05, 0) is 45.2 Å². The number of hydrogen-bond acceptors (Lipinski definition) is 5. The highest BCUT2D eigenvalue weighted by Gasteiger charge is 2.31. The van der Waals surface area contributed by atoms with Gasteiger partial charge < -0.3 is 10.2 Å². The number of alkyl halides is 3. The Morgan fingerprint density at radius 3 is 2.63 bits per heavy atom. The number of likely N-dealkylation sites (tertiary alicyclic amines) is 1. The fourth-order valence-electron chi connectivity index (χ4n) is 3.34. The lowest BCUT2D eigenvalue weighted by atomic mass is 10.0. The van der Waals surface area contributed by atoms with Gasteiger partial charge in [-0.1, -0.05) is 11.6 Å². The number of piperidine rings is 1. The first kappa shape index (κ1) is 22.1. The Balaban J connectivity index is 1.79. The smallest absolute Gasteiger partial charge is 0.371 e. The van der Waals surface area contributed by atoms with Crippen molar-refractivity contribution >= 4 is 23.2 Å². The highest BCUT2D eigenvalue weighted by atomic mass is 35.5. The van der Waals surface area contributed by atoms with Crippen LogP contribution < -0.4 is 10.9 Å². The van der Waals surface area contributed by atoms with Crippen LogP contribution in [0.3, 0.4) is 0 Å². The van der Waals surface area contributed by atoms with E-state index in [1.54, 1.807) is 11.8 Å². The largest absolute Gasteiger partial charge is 0.417 e. The Morgan fingerprint density at radius 1 is 1.30 bits per heavy atom. The van der Waals surface area contributed by atoms with Crippen LogP contribution in [0.2, 0.25) is 5.02 Å². The molecular weight excluding hydrogens is 423 g/mol. The number of aromatic nitrogens is 3. The molecule has 2 aromatic heterocycles. The third-order valence-corrected chi connectivity index (χ3v) is 5.40. The topological polar surface area (TPSA) is 80.1 Å². The number of nitrogens with one attached hydrogen (secondary N) is 1. The zero-order valence-electron chi connectivity index (χ0n) is 16.4. The van der Waals surface area contributed by atoms with Crippen LogP contribution >= 0.6 is 11.6 Å². The van der Waals surface area contributed by atoms with E-state index in [0.717, 1.165) is 36.1 Å². The monoisotopic (exact) mass is 443 g/mol. The normalized spacial score (nSPS) is 18.2. The summed E-state index contributed by atoms with van der Waals surface area (Å²) in [6, 6.07) is 1.34. The Morgan fingerprint density at radius 2 is 2.03 bits per heavy atom. The predicted octanol–water partition coefficient (Wildman–Crippen LogP) is 3.50. The Kier molecular flexibility index (Phi) is 6.35. The van der Waals surface area contributed by atoms with Gasteiger partial charge in [0, 0.05) is 18.8 Å². The van der Waals surface area contributed by atoms with Gasteiger partial charge in [-0.25, -0.2) is 4.98 Å². The molecule has 0 bridgehead atoms. The fourth-order valence-corrected chi connectivity index (χ4v) is 3.53. The number of nitrogens with zero attached hydrogens (tertiary/aromatic N) is 4. The van der Waals surface area contributed by atoms with Crippen LogP contribution in [0.15, 0.2) is 29.3 Å². The average molecular weight is 444 g/mol. The van der Waals surface area contributed by atoms with Crippen LogP contribution in [-0.2, 0) is 11.0 Å². The van der Waals surface area contributed by atoms with E-state index in [0.29, 0.717) is 12.7 Å². The average Bonchev–Trinajstić information content (AvgIpc) is 2.71. The number of pyridine rings is 1. The summed E-state index contributed by atoms with van der Waals surface area (Å²) in [5.74, 6) is -0.209. The maximum absolute atomic E-state index is 12.7. The molecule has 3 rings (SSSR count). The van der Waals surface area contributed by atoms with Crippen LogP contribution in [0.1, 0.15) is 38.7 Å². The summed E-state index contributed by atoms with van der Waals surface area (Å²) in [7, 11) is 0. The molecule has 1 N–H and O–H groups in total. The Hall–Kier alpha value is -2.62. The van der Waals surface area contributed by atoms with Crippen molar-refractivity contribution in [3.05, 3.63) is 45.5 Å². The molecule has 0 radical (unpaired) electrons. The van der Waals surface area contributed by atoms with Crippen molar-refractivity contribution in [2.24, 2.45) is 0 Å². The van der Waals surface area contributed by atoms with Gasteiger partial charge in [0.2, 0.25) is 5.91 Å². The summed E-state index contributed by atoms with van der Waals surface area (Å²) >= 11 is 6.15. The van der Waals surface area contributed by atoms with Crippen molar-refractivity contribution in [1.29, 1.82) is 0 Å². The van der Waals surface area contributed by atoms with E-state index in [9.17, 15) is 22.8 Å². The second-order valence-electron chi connectivity index (χ2n) is 7.23. The maximum Gasteiger partial charge on any atom is 0.417 e. The molecule has 1 saturated heterocycles. The van der Waals surface area contributed by atoms with Crippen molar-refractivity contribution in [2.75, 3.05) is 11.9 Å². The molecule has 2 aromatic rings. The molecule has 1 fully saturated rings. The molecule has 0 saturated carbocycles. The Bertz CT molecular complexity index is 978. The zero-order chi connectivity index (χ0) is 22.1. The minimum atomic E-state index is -4.54. The molecular formula is C19H21ClF3N5O2. The van der Waals surface area contributed by atoms with Crippen molar-refractivity contribution < 1.29 is 18.0 Å². The first-order chi connectivity index (χ1) is 14.1. The number of anilines is 1. The SMILES string of the molecule is CC(Nc1cnn(-c2ccc(C(F)(F)F)cn2)c(=O)c1Cl)C(=O)N1CCCCC1C. The Labute approximate surface area is 175 Å². The molecule has 0 aliphatic carbocycles. The molecule has 1 aliphatic rings. The third-order valence-electron chi connectivity index (χ3n) is 5.04. The van der Waals surface area contributed by atoms with Crippen molar-refractivity contribution in [3.8, 4) is 5.82 Å². The van der Waals surface area contributed by atoms with Crippen LogP contribution in [0.4, 0.5) is 18.9 Å². The number of carbonyl (C=O) groups excluding carboxylic acids is 1. The molecule has 30 heavy (non-hydrogen) atoms. The summed E-state index contributed by atoms with van der Waals surface area (Å²) in [4.78, 5) is 30.7. The second-order valence-corrected chi connectivity index (χ2v) is 7.61. The summed E-state index contributed by atoms with van der Waals surface area (Å²) in [6.45, 7) is 4.35. The van der Waals surface area contributed by atoms with Crippen LogP contribution in [0.25, 0.3) is 5.82 Å². The van der Waals surface area contributed by atoms with Crippen LogP contribution in [0, 0.1) is 0 Å². The van der Waals surface area contributed by atoms with E-state index in [2.05, 4.69) is 15.4 Å². The molecule has 2 atom stereocenters. The highest BCUT2D eigenvalue weighted by Crippen LogP contribution is 2.28. The van der Waals surface area contributed by atoms with Gasteiger partial charge in [0.05, 0.1) is 17.4 Å². The van der Waals surface area contributed by atoms with E-state index in [1.165, 1.54) is 6.20 Å². The quantitative estimate of drug-likeness (QED) is 0.782. The van der Waals surface area contributed by atoms with Gasteiger partial charge in [-0.15, -0.1) is 0 Å². The van der Waals surface area contributed by atoms with E-state index < -0.39 is 23.3 Å². The van der Waals surface area contributed by atoms with Crippen molar-refractivity contribution in [3.63, 3.8) is 0 Å². The summed E-state index contributed by atoms with van der Waals surface area (Å²) in [5.41, 5.74) is -1.54. The molecule has 0 spiro atoms. The van der Waals surface area contributed by atoms with Crippen molar-refractivity contribution in [1.82, 2.24) is 19.7 Å². The van der Waals surface area contributed by atoms with Gasteiger partial charge in [-0.3, -0.25) is 9.59 Å². The van der Waals surface area contributed by atoms with Gasteiger partial charge in [-0.2, -0.15) is 23.0 Å². The van der Waals surface area contributed by atoms with Gasteiger partial charge in [0.15, 0.2) is 5.82 Å². The van der Waals surface area contributed by atoms with Crippen LogP contribution in [0.5, 0.6) is 0 Å². The van der Waals surface area contributed by atoms with E-state index in [4.69, 9.17) is 11.6 Å². The number of halogens is 4. The zero-order valence-corrected chi connectivity index (χ0v) is 17.2. The molecule has 2 unspecified atom stereocenters. The standard InChI is InChI=1S/C19H21ClF3N5O2/c1-11-5-3-4-8-27(11)17(29)12(2)26-14-10-25-28(18(30)16(14)20)15-7-6-13(9-24-15)19(21,22)23/h6-7,9-12,26H,3-5,8H2,1-2H3.